The molecule has 0 atom stereocenters. The molecule has 0 aromatic heterocycles. The second kappa shape index (κ2) is 10.9. The maximum absolute atomic E-state index is 5.44. The van der Waals surface area contributed by atoms with Gasteiger partial charge in [-0.2, -0.15) is 0 Å². The lowest BCUT2D eigenvalue weighted by molar-refractivity contribution is 0.705. The molecule has 0 aliphatic rings. The van der Waals surface area contributed by atoms with Gasteiger partial charge >= 0.3 is 0 Å². The summed E-state index contributed by atoms with van der Waals surface area (Å²) >= 11 is 5.44. The summed E-state index contributed by atoms with van der Waals surface area (Å²) in [6, 6.07) is 0. The molecule has 0 rings (SSSR count). The van der Waals surface area contributed by atoms with Crippen molar-refractivity contribution in [3.8, 4) is 0 Å². The number of rotatable bonds is 4. The van der Waals surface area contributed by atoms with Gasteiger partial charge < -0.3 is 0 Å². The lowest BCUT2D eigenvalue weighted by Crippen LogP contribution is -1.74. The van der Waals surface area contributed by atoms with Gasteiger partial charge in [0.2, 0.25) is 0 Å². The fourth-order valence-corrected chi connectivity index (χ4v) is 0.710. The van der Waals surface area contributed by atoms with Crippen molar-refractivity contribution in [2.24, 2.45) is 0 Å². The van der Waals surface area contributed by atoms with Crippen LogP contribution < -0.4 is 0 Å². The zero-order valence-electron chi connectivity index (χ0n) is 5.62. The minimum absolute atomic E-state index is 0. The smallest absolute Gasteiger partial charge is 0.0223 e. The number of unbranched alkanes of at least 4 members (excludes halogenated alkanes) is 3. The highest BCUT2D eigenvalue weighted by Gasteiger charge is 1.81. The molecule has 46 valence electrons. The van der Waals surface area contributed by atoms with Gasteiger partial charge in [0.25, 0.3) is 0 Å². The first-order valence-electron chi connectivity index (χ1n) is 2.97. The van der Waals surface area contributed by atoms with Gasteiger partial charge in [-0.1, -0.05) is 26.2 Å². The van der Waals surface area contributed by atoms with Crippen molar-refractivity contribution in [3.05, 3.63) is 0 Å². The summed E-state index contributed by atoms with van der Waals surface area (Å²) in [7, 11) is 0. The van der Waals surface area contributed by atoms with Crippen molar-refractivity contribution in [1.82, 2.24) is 0 Å². The number of alkyl halides is 1. The normalized spacial score (nSPS) is 8.25. The van der Waals surface area contributed by atoms with E-state index in [1.807, 2.05) is 0 Å². The minimum atomic E-state index is 0. The first-order chi connectivity index (χ1) is 3.41. The van der Waals surface area contributed by atoms with E-state index in [2.05, 4.69) is 6.92 Å². The summed E-state index contributed by atoms with van der Waals surface area (Å²) in [5.41, 5.74) is 0. The molecular weight excluding hydrogens is 132 g/mol. The molecule has 0 amide bonds. The topological polar surface area (TPSA) is 0 Å². The Morgan fingerprint density at radius 3 is 2.12 bits per heavy atom. The van der Waals surface area contributed by atoms with E-state index in [9.17, 15) is 0 Å². The van der Waals surface area contributed by atoms with Crippen molar-refractivity contribution < 1.29 is 0 Å². The van der Waals surface area contributed by atoms with E-state index in [4.69, 9.17) is 11.6 Å². The van der Waals surface area contributed by atoms with Crippen LogP contribution >= 0.6 is 11.6 Å². The highest BCUT2D eigenvalue weighted by molar-refractivity contribution is 6.17. The van der Waals surface area contributed by atoms with E-state index in [0.29, 0.717) is 0 Å². The van der Waals surface area contributed by atoms with Gasteiger partial charge in [-0.05, 0) is 6.42 Å². The van der Waals surface area contributed by atoms with Gasteiger partial charge in [-0.3, -0.25) is 0 Å². The quantitative estimate of drug-likeness (QED) is 0.323. The first-order valence-corrected chi connectivity index (χ1v) is 3.51. The Kier molecular flexibility index (Phi) is 16.1. The van der Waals surface area contributed by atoms with Crippen molar-refractivity contribution in [3.63, 3.8) is 0 Å². The highest BCUT2D eigenvalue weighted by Crippen LogP contribution is 1.98. The maximum Gasteiger partial charge on any atom is 0.0223 e. The molecule has 2 radical (unpaired) electrons. The van der Waals surface area contributed by atoms with Crippen molar-refractivity contribution in [2.45, 2.75) is 32.6 Å². The van der Waals surface area contributed by atoms with Crippen molar-refractivity contribution >= 4 is 34.7 Å². The second-order valence-corrected chi connectivity index (χ2v) is 2.13. The van der Waals surface area contributed by atoms with E-state index in [1.54, 1.807) is 0 Å². The van der Waals surface area contributed by atoms with Crippen LogP contribution in [0.3, 0.4) is 0 Å². The van der Waals surface area contributed by atoms with Crippen LogP contribution in [0.2, 0.25) is 0 Å². The summed E-state index contributed by atoms with van der Waals surface area (Å²) in [6.07, 6.45) is 5.14. The van der Waals surface area contributed by atoms with Gasteiger partial charge in [-0.15, -0.1) is 11.6 Å². The summed E-state index contributed by atoms with van der Waals surface area (Å²) in [5, 5.41) is 0. The average molecular weight is 145 g/mol. The Bertz CT molecular complexity index is 27.7. The summed E-state index contributed by atoms with van der Waals surface area (Å²) in [4.78, 5) is 0. The molecular formula is C6H13ClMg. The molecule has 8 heavy (non-hydrogen) atoms. The lowest BCUT2D eigenvalue weighted by Gasteiger charge is -1.89. The Morgan fingerprint density at radius 1 is 1.12 bits per heavy atom. The predicted octanol–water partition coefficient (Wildman–Crippen LogP) is 2.42. The van der Waals surface area contributed by atoms with E-state index in [-0.39, 0.29) is 23.1 Å². The summed E-state index contributed by atoms with van der Waals surface area (Å²) < 4.78 is 0. The van der Waals surface area contributed by atoms with Crippen LogP contribution in [0.5, 0.6) is 0 Å². The Balaban J connectivity index is 0. The number of hydrogen-bond donors (Lipinski definition) is 0. The third-order valence-corrected chi connectivity index (χ3v) is 1.25. The van der Waals surface area contributed by atoms with E-state index in [0.717, 1.165) is 5.88 Å². The number of halogens is 1. The van der Waals surface area contributed by atoms with Gasteiger partial charge in [0.15, 0.2) is 0 Å². The molecule has 0 spiro atoms. The molecule has 2 heteroatoms. The van der Waals surface area contributed by atoms with Gasteiger partial charge in [0.1, 0.15) is 0 Å². The van der Waals surface area contributed by atoms with E-state index >= 15 is 0 Å². The molecule has 0 heterocycles. The van der Waals surface area contributed by atoms with Crippen LogP contribution in [0.25, 0.3) is 0 Å². The second-order valence-electron chi connectivity index (χ2n) is 1.75. The molecule has 0 aliphatic heterocycles. The number of hydrogen-bond acceptors (Lipinski definition) is 0. The molecule has 0 nitrogen and oxygen atoms in total. The molecule has 0 aromatic rings. The van der Waals surface area contributed by atoms with Gasteiger partial charge in [0, 0.05) is 28.9 Å². The van der Waals surface area contributed by atoms with E-state index < -0.39 is 0 Å². The fourth-order valence-electron chi connectivity index (χ4n) is 0.521. The highest BCUT2D eigenvalue weighted by atomic mass is 35.5. The Hall–Kier alpha value is 1.06. The van der Waals surface area contributed by atoms with Crippen LogP contribution in [-0.4, -0.2) is 28.9 Å². The lowest BCUT2D eigenvalue weighted by atomic mass is 10.2. The Labute approximate surface area is 73.1 Å². The SMILES string of the molecule is CCCCCCCl.[Mg]. The average Bonchev–Trinajstić information content (AvgIpc) is 1.69. The first kappa shape index (κ1) is 11.8. The molecule has 0 unspecified atom stereocenters. The summed E-state index contributed by atoms with van der Waals surface area (Å²) in [6.45, 7) is 2.20. The maximum atomic E-state index is 5.44. The molecule has 0 aliphatic carbocycles. The molecule has 0 fully saturated rings. The third kappa shape index (κ3) is 10.1. The minimum Gasteiger partial charge on any atom is -0.127 e. The Morgan fingerprint density at radius 2 is 1.75 bits per heavy atom. The van der Waals surface area contributed by atoms with Crippen molar-refractivity contribution in [1.29, 1.82) is 0 Å². The van der Waals surface area contributed by atoms with Crippen molar-refractivity contribution in [2.75, 3.05) is 5.88 Å². The zero-order valence-corrected chi connectivity index (χ0v) is 7.79. The third-order valence-electron chi connectivity index (χ3n) is 0.987. The largest absolute Gasteiger partial charge is 0.127 e. The summed E-state index contributed by atoms with van der Waals surface area (Å²) in [5.74, 6) is 0.833. The van der Waals surface area contributed by atoms with Gasteiger partial charge in [0.05, 0.1) is 0 Å². The monoisotopic (exact) mass is 144 g/mol. The molecule has 0 N–H and O–H groups in total. The zero-order chi connectivity index (χ0) is 5.54. The van der Waals surface area contributed by atoms with Crippen LogP contribution in [0.15, 0.2) is 0 Å². The molecule has 0 aromatic carbocycles. The van der Waals surface area contributed by atoms with Crippen LogP contribution in [-0.2, 0) is 0 Å². The van der Waals surface area contributed by atoms with Crippen LogP contribution in [0, 0.1) is 0 Å². The van der Waals surface area contributed by atoms with Crippen LogP contribution in [0.4, 0.5) is 0 Å². The fraction of sp³-hybridized carbons (Fsp3) is 1.00. The standard InChI is InChI=1S/C6H13Cl.Mg/c1-2-3-4-5-6-7;/h2-6H2,1H3;. The predicted molar refractivity (Wildman–Crippen MR) is 40.6 cm³/mol. The van der Waals surface area contributed by atoms with E-state index in [1.165, 1.54) is 25.7 Å². The van der Waals surface area contributed by atoms with Gasteiger partial charge in [-0.25, -0.2) is 0 Å². The molecule has 0 saturated carbocycles. The molecule has 0 bridgehead atoms. The van der Waals surface area contributed by atoms with Crippen LogP contribution in [0.1, 0.15) is 32.6 Å². The molecule has 0 saturated heterocycles.